The lowest BCUT2D eigenvalue weighted by Gasteiger charge is -2.16. The van der Waals surface area contributed by atoms with Crippen LogP contribution in [0, 0.1) is 0 Å². The van der Waals surface area contributed by atoms with E-state index in [4.69, 9.17) is 9.15 Å². The number of ether oxygens (including phenoxy) is 1. The summed E-state index contributed by atoms with van der Waals surface area (Å²) in [4.78, 5) is 0.110. The predicted octanol–water partition coefficient (Wildman–Crippen LogP) is 2.68. The van der Waals surface area contributed by atoms with Crippen LogP contribution in [-0.2, 0) is 26.4 Å². The molecule has 0 spiro atoms. The van der Waals surface area contributed by atoms with Crippen molar-refractivity contribution in [3.8, 4) is 5.75 Å². The molecular formula is C16H20BrNO6S2. The third-order valence-electron chi connectivity index (χ3n) is 3.64. The number of benzene rings is 1. The summed E-state index contributed by atoms with van der Waals surface area (Å²) in [5, 5.41) is 0. The van der Waals surface area contributed by atoms with Crippen molar-refractivity contribution in [2.24, 2.45) is 0 Å². The molecule has 2 aromatic rings. The Bertz CT molecular complexity index is 935. The first-order chi connectivity index (χ1) is 12.1. The Kier molecular flexibility index (Phi) is 6.89. The predicted molar refractivity (Wildman–Crippen MR) is 101 cm³/mol. The van der Waals surface area contributed by atoms with E-state index >= 15 is 0 Å². The largest absolute Gasteiger partial charge is 0.493 e. The number of hydrogen-bond acceptors (Lipinski definition) is 6. The molecule has 2 rings (SSSR count). The van der Waals surface area contributed by atoms with Gasteiger partial charge in [0, 0.05) is 12.8 Å². The van der Waals surface area contributed by atoms with E-state index in [0.29, 0.717) is 16.2 Å². The van der Waals surface area contributed by atoms with E-state index in [1.165, 1.54) is 35.6 Å². The van der Waals surface area contributed by atoms with Crippen LogP contribution in [0.25, 0.3) is 0 Å². The van der Waals surface area contributed by atoms with Gasteiger partial charge in [0.2, 0.25) is 10.0 Å². The molecule has 0 unspecified atom stereocenters. The first-order valence-electron chi connectivity index (χ1n) is 7.78. The van der Waals surface area contributed by atoms with Crippen molar-refractivity contribution in [1.82, 2.24) is 4.31 Å². The van der Waals surface area contributed by atoms with Gasteiger partial charge < -0.3 is 9.15 Å². The summed E-state index contributed by atoms with van der Waals surface area (Å²) < 4.78 is 60.4. The van der Waals surface area contributed by atoms with E-state index in [2.05, 4.69) is 15.9 Å². The lowest BCUT2D eigenvalue weighted by Crippen LogP contribution is -2.26. The van der Waals surface area contributed by atoms with Crippen LogP contribution in [0.5, 0.6) is 5.75 Å². The van der Waals surface area contributed by atoms with Crippen LogP contribution in [0.15, 0.2) is 50.4 Å². The zero-order valence-corrected chi connectivity index (χ0v) is 17.6. The molecule has 1 heterocycles. The second-order valence-electron chi connectivity index (χ2n) is 5.52. The fraction of sp³-hybridized carbons (Fsp3) is 0.375. The molecule has 1 aromatic carbocycles. The van der Waals surface area contributed by atoms with Crippen LogP contribution in [0.3, 0.4) is 0 Å². The number of furan rings is 1. The number of hydrogen-bond donors (Lipinski definition) is 0. The molecule has 0 radical (unpaired) electrons. The number of rotatable bonds is 9. The molecule has 1 aromatic heterocycles. The number of halogens is 1. The highest BCUT2D eigenvalue weighted by Crippen LogP contribution is 2.22. The van der Waals surface area contributed by atoms with Crippen molar-refractivity contribution in [3.05, 3.63) is 46.8 Å². The monoisotopic (exact) mass is 465 g/mol. The van der Waals surface area contributed by atoms with Crippen LogP contribution >= 0.6 is 15.9 Å². The van der Waals surface area contributed by atoms with Crippen molar-refractivity contribution in [1.29, 1.82) is 0 Å². The summed E-state index contributed by atoms with van der Waals surface area (Å²) in [6, 6.07) is 9.24. The van der Waals surface area contributed by atoms with Crippen LogP contribution < -0.4 is 4.74 Å². The summed E-state index contributed by atoms with van der Waals surface area (Å²) in [6.07, 6.45) is 0. The molecule has 7 nitrogen and oxygen atoms in total. The van der Waals surface area contributed by atoms with Crippen molar-refractivity contribution in [3.63, 3.8) is 0 Å². The summed E-state index contributed by atoms with van der Waals surface area (Å²) in [5.41, 5.74) is 0. The molecule has 26 heavy (non-hydrogen) atoms. The van der Waals surface area contributed by atoms with Crippen molar-refractivity contribution >= 4 is 35.8 Å². The van der Waals surface area contributed by atoms with Gasteiger partial charge in [0.1, 0.15) is 18.1 Å². The highest BCUT2D eigenvalue weighted by atomic mass is 79.9. The van der Waals surface area contributed by atoms with Gasteiger partial charge in [0.05, 0.1) is 17.2 Å². The summed E-state index contributed by atoms with van der Waals surface area (Å²) in [6.45, 7) is 1.70. The zero-order chi connectivity index (χ0) is 19.4. The van der Waals surface area contributed by atoms with E-state index in [-0.39, 0.29) is 29.6 Å². The number of sulfonamides is 1. The molecule has 0 aliphatic heterocycles. The Balaban J connectivity index is 2.01. The average Bonchev–Trinajstić information content (AvgIpc) is 3.00. The third-order valence-corrected chi connectivity index (χ3v) is 7.55. The molecule has 0 saturated heterocycles. The second-order valence-corrected chi connectivity index (χ2v) is 10.8. The van der Waals surface area contributed by atoms with Crippen molar-refractivity contribution in [2.45, 2.75) is 18.4 Å². The van der Waals surface area contributed by atoms with E-state index in [1.54, 1.807) is 19.1 Å². The van der Waals surface area contributed by atoms with Crippen molar-refractivity contribution in [2.75, 3.05) is 25.2 Å². The highest BCUT2D eigenvalue weighted by Gasteiger charge is 2.22. The zero-order valence-electron chi connectivity index (χ0n) is 14.4. The van der Waals surface area contributed by atoms with Crippen molar-refractivity contribution < 1.29 is 26.0 Å². The van der Waals surface area contributed by atoms with E-state index in [1.807, 2.05) is 0 Å². The quantitative estimate of drug-likeness (QED) is 0.564. The molecule has 0 N–H and O–H groups in total. The number of sulfone groups is 1. The molecule has 0 bridgehead atoms. The maximum Gasteiger partial charge on any atom is 0.243 e. The Morgan fingerprint density at radius 3 is 2.27 bits per heavy atom. The van der Waals surface area contributed by atoms with E-state index in [9.17, 15) is 16.8 Å². The maximum atomic E-state index is 12.6. The van der Waals surface area contributed by atoms with Gasteiger partial charge in [-0.15, -0.1) is 0 Å². The minimum absolute atomic E-state index is 0.0234. The first kappa shape index (κ1) is 20.9. The summed E-state index contributed by atoms with van der Waals surface area (Å²) >= 11 is 3.18. The van der Waals surface area contributed by atoms with Gasteiger partial charge in [0.15, 0.2) is 14.5 Å². The van der Waals surface area contributed by atoms with Gasteiger partial charge in [-0.3, -0.25) is 0 Å². The van der Waals surface area contributed by atoms with Crippen LogP contribution in [0.1, 0.15) is 12.7 Å². The summed E-state index contributed by atoms with van der Waals surface area (Å²) in [5.74, 6) is 0.907. The van der Waals surface area contributed by atoms with E-state index in [0.717, 1.165) is 0 Å². The van der Waals surface area contributed by atoms with Gasteiger partial charge in [0.25, 0.3) is 0 Å². The van der Waals surface area contributed by atoms with Gasteiger partial charge in [-0.1, -0.05) is 6.92 Å². The maximum absolute atomic E-state index is 12.6. The summed E-state index contributed by atoms with van der Waals surface area (Å²) in [7, 11) is -5.32. The molecule has 0 aliphatic carbocycles. The Hall–Kier alpha value is -1.36. The lowest BCUT2D eigenvalue weighted by molar-refractivity contribution is 0.340. The number of nitrogens with zero attached hydrogens (tertiary/aromatic N) is 1. The topological polar surface area (TPSA) is 93.9 Å². The molecule has 144 valence electrons. The van der Waals surface area contributed by atoms with Gasteiger partial charge in [-0.25, -0.2) is 16.8 Å². The Labute approximate surface area is 162 Å². The van der Waals surface area contributed by atoms with Crippen LogP contribution in [0.2, 0.25) is 0 Å². The van der Waals surface area contributed by atoms with Crippen LogP contribution in [-0.4, -0.2) is 46.3 Å². The van der Waals surface area contributed by atoms with Crippen LogP contribution in [0.4, 0.5) is 0 Å². The molecule has 0 saturated carbocycles. The van der Waals surface area contributed by atoms with Gasteiger partial charge in [-0.2, -0.15) is 4.31 Å². The molecular weight excluding hydrogens is 446 g/mol. The minimum atomic E-state index is -3.69. The smallest absolute Gasteiger partial charge is 0.243 e. The molecule has 0 atom stereocenters. The minimum Gasteiger partial charge on any atom is -0.493 e. The lowest BCUT2D eigenvalue weighted by atomic mass is 10.3. The molecule has 0 amide bonds. The van der Waals surface area contributed by atoms with Gasteiger partial charge >= 0.3 is 0 Å². The fourth-order valence-corrected chi connectivity index (χ4v) is 4.16. The molecule has 0 fully saturated rings. The first-order valence-corrected chi connectivity index (χ1v) is 11.8. The molecule has 0 aliphatic rings. The highest BCUT2D eigenvalue weighted by molar-refractivity contribution is 9.10. The standard InChI is InChI=1S/C16H20BrNO6S2/c1-3-25(19,20)11-10-23-13-4-7-15(8-5-13)26(21,22)18(2)12-14-6-9-16(17)24-14/h4-9H,3,10-12H2,1-2H3. The molecule has 10 heteroatoms. The average molecular weight is 466 g/mol. The van der Waals surface area contributed by atoms with E-state index < -0.39 is 19.9 Å². The van der Waals surface area contributed by atoms with Gasteiger partial charge in [-0.05, 0) is 52.3 Å². The fourth-order valence-electron chi connectivity index (χ4n) is 2.06. The Morgan fingerprint density at radius 2 is 1.73 bits per heavy atom. The SMILES string of the molecule is CCS(=O)(=O)CCOc1ccc(S(=O)(=O)N(C)Cc2ccc(Br)o2)cc1. The normalized spacial score (nSPS) is 12.5. The third kappa shape index (κ3) is 5.57. The Morgan fingerprint density at radius 1 is 1.08 bits per heavy atom. The second kappa shape index (κ2) is 8.55.